The first-order chi connectivity index (χ1) is 7.03. The smallest absolute Gasteiger partial charge is 0.389 e. The van der Waals surface area contributed by atoms with Gasteiger partial charge in [-0.05, 0) is 26.0 Å². The van der Waals surface area contributed by atoms with Crippen molar-refractivity contribution in [3.63, 3.8) is 0 Å². The van der Waals surface area contributed by atoms with Gasteiger partial charge >= 0.3 is 6.18 Å². The van der Waals surface area contributed by atoms with Crippen LogP contribution < -0.4 is 5.32 Å². The SMILES string of the molecule is CNC(CCCC(F)(F)F)c1ccoc1. The van der Waals surface area contributed by atoms with Gasteiger partial charge in [0.15, 0.2) is 0 Å². The summed E-state index contributed by atoms with van der Waals surface area (Å²) in [5, 5.41) is 2.96. The molecule has 0 saturated heterocycles. The Morgan fingerprint density at radius 2 is 2.20 bits per heavy atom. The maximum Gasteiger partial charge on any atom is 0.389 e. The van der Waals surface area contributed by atoms with E-state index in [0.29, 0.717) is 6.42 Å². The first-order valence-corrected chi connectivity index (χ1v) is 4.79. The van der Waals surface area contributed by atoms with Crippen LogP contribution in [-0.2, 0) is 0 Å². The predicted molar refractivity (Wildman–Crippen MR) is 50.4 cm³/mol. The summed E-state index contributed by atoms with van der Waals surface area (Å²) in [6, 6.07) is 1.69. The van der Waals surface area contributed by atoms with Gasteiger partial charge in [0.25, 0.3) is 0 Å². The summed E-state index contributed by atoms with van der Waals surface area (Å²) in [4.78, 5) is 0. The maximum atomic E-state index is 11.9. The van der Waals surface area contributed by atoms with E-state index in [2.05, 4.69) is 5.32 Å². The van der Waals surface area contributed by atoms with Crippen molar-refractivity contribution in [2.45, 2.75) is 31.5 Å². The molecule has 86 valence electrons. The van der Waals surface area contributed by atoms with Gasteiger partial charge in [-0.25, -0.2) is 0 Å². The number of hydrogen-bond donors (Lipinski definition) is 1. The second kappa shape index (κ2) is 5.21. The zero-order chi connectivity index (χ0) is 11.3. The number of hydrogen-bond acceptors (Lipinski definition) is 2. The van der Waals surface area contributed by atoms with Crippen molar-refractivity contribution in [3.05, 3.63) is 24.2 Å². The van der Waals surface area contributed by atoms with Crippen LogP contribution in [0.1, 0.15) is 30.9 Å². The minimum Gasteiger partial charge on any atom is -0.472 e. The minimum atomic E-state index is -4.06. The van der Waals surface area contributed by atoms with Crippen LogP contribution >= 0.6 is 0 Å². The van der Waals surface area contributed by atoms with E-state index < -0.39 is 12.6 Å². The van der Waals surface area contributed by atoms with Gasteiger partial charge in [-0.1, -0.05) is 0 Å². The van der Waals surface area contributed by atoms with E-state index in [-0.39, 0.29) is 12.5 Å². The zero-order valence-electron chi connectivity index (χ0n) is 8.47. The molecule has 15 heavy (non-hydrogen) atoms. The molecule has 0 aliphatic heterocycles. The van der Waals surface area contributed by atoms with Crippen molar-refractivity contribution < 1.29 is 17.6 Å². The van der Waals surface area contributed by atoms with Gasteiger partial charge in [0, 0.05) is 18.0 Å². The van der Waals surface area contributed by atoms with E-state index >= 15 is 0 Å². The molecule has 1 aromatic rings. The molecule has 1 heterocycles. The summed E-state index contributed by atoms with van der Waals surface area (Å²) in [6.07, 6.45) is -1.15. The van der Waals surface area contributed by atoms with Crippen molar-refractivity contribution in [1.29, 1.82) is 0 Å². The molecule has 0 aliphatic rings. The Morgan fingerprint density at radius 1 is 1.47 bits per heavy atom. The lowest BCUT2D eigenvalue weighted by atomic mass is 10.0. The largest absolute Gasteiger partial charge is 0.472 e. The summed E-state index contributed by atoms with van der Waals surface area (Å²) in [7, 11) is 1.73. The van der Waals surface area contributed by atoms with Crippen molar-refractivity contribution >= 4 is 0 Å². The van der Waals surface area contributed by atoms with Crippen molar-refractivity contribution in [2.75, 3.05) is 7.05 Å². The fraction of sp³-hybridized carbons (Fsp3) is 0.600. The lowest BCUT2D eigenvalue weighted by Gasteiger charge is -2.14. The molecule has 2 nitrogen and oxygen atoms in total. The molecule has 1 N–H and O–H groups in total. The van der Waals surface area contributed by atoms with Crippen molar-refractivity contribution in [2.24, 2.45) is 0 Å². The number of rotatable bonds is 5. The van der Waals surface area contributed by atoms with Gasteiger partial charge in [0.1, 0.15) is 0 Å². The predicted octanol–water partition coefficient (Wildman–Crippen LogP) is 3.27. The number of halogens is 3. The summed E-state index contributed by atoms with van der Waals surface area (Å²) in [5.41, 5.74) is 0.889. The average molecular weight is 221 g/mol. The molecule has 0 bridgehead atoms. The van der Waals surface area contributed by atoms with Gasteiger partial charge in [-0.2, -0.15) is 13.2 Å². The highest BCUT2D eigenvalue weighted by atomic mass is 19.4. The first-order valence-electron chi connectivity index (χ1n) is 4.79. The molecule has 0 radical (unpaired) electrons. The maximum absolute atomic E-state index is 11.9. The number of nitrogens with one attached hydrogen (secondary N) is 1. The van der Waals surface area contributed by atoms with E-state index in [9.17, 15) is 13.2 Å². The van der Waals surface area contributed by atoms with Crippen LogP contribution in [0.2, 0.25) is 0 Å². The number of furan rings is 1. The summed E-state index contributed by atoms with van der Waals surface area (Å²) in [6.45, 7) is 0. The van der Waals surface area contributed by atoms with Crippen molar-refractivity contribution in [3.8, 4) is 0 Å². The van der Waals surface area contributed by atoms with Gasteiger partial charge < -0.3 is 9.73 Å². The average Bonchev–Trinajstić information content (AvgIpc) is 2.63. The van der Waals surface area contributed by atoms with E-state index in [1.165, 1.54) is 6.26 Å². The van der Waals surface area contributed by atoms with Crippen molar-refractivity contribution in [1.82, 2.24) is 5.32 Å². The Bertz CT molecular complexity index is 269. The third-order valence-electron chi connectivity index (χ3n) is 2.25. The highest BCUT2D eigenvalue weighted by molar-refractivity contribution is 5.11. The van der Waals surface area contributed by atoms with Gasteiger partial charge in [0.05, 0.1) is 12.5 Å². The van der Waals surface area contributed by atoms with Crippen LogP contribution in [0, 0.1) is 0 Å². The van der Waals surface area contributed by atoms with Crippen LogP contribution in [0.5, 0.6) is 0 Å². The Hall–Kier alpha value is -0.970. The molecule has 1 atom stereocenters. The second-order valence-corrected chi connectivity index (χ2v) is 3.41. The van der Waals surface area contributed by atoms with Gasteiger partial charge in [-0.3, -0.25) is 0 Å². The molecule has 0 aromatic carbocycles. The molecular weight excluding hydrogens is 207 g/mol. The zero-order valence-corrected chi connectivity index (χ0v) is 8.47. The molecule has 0 amide bonds. The van der Waals surface area contributed by atoms with Crippen LogP contribution in [0.15, 0.2) is 23.0 Å². The molecule has 5 heteroatoms. The quantitative estimate of drug-likeness (QED) is 0.825. The highest BCUT2D eigenvalue weighted by Crippen LogP contribution is 2.26. The Kier molecular flexibility index (Phi) is 4.20. The normalized spacial score (nSPS) is 14.1. The second-order valence-electron chi connectivity index (χ2n) is 3.41. The fourth-order valence-corrected chi connectivity index (χ4v) is 1.46. The molecule has 1 unspecified atom stereocenters. The number of alkyl halides is 3. The monoisotopic (exact) mass is 221 g/mol. The Labute approximate surface area is 86.5 Å². The third kappa shape index (κ3) is 4.38. The van der Waals surface area contributed by atoms with E-state index in [0.717, 1.165) is 5.56 Å². The standard InChI is InChI=1S/C10H14F3NO/c1-14-9(8-4-6-15-7-8)3-2-5-10(11,12)13/h4,6-7,9,14H,2-3,5H2,1H3. The fourth-order valence-electron chi connectivity index (χ4n) is 1.46. The van der Waals surface area contributed by atoms with E-state index in [1.807, 2.05) is 0 Å². The van der Waals surface area contributed by atoms with Crippen LogP contribution in [-0.4, -0.2) is 13.2 Å². The van der Waals surface area contributed by atoms with Gasteiger partial charge in [0.2, 0.25) is 0 Å². The van der Waals surface area contributed by atoms with Crippen LogP contribution in [0.25, 0.3) is 0 Å². The summed E-state index contributed by atoms with van der Waals surface area (Å²) >= 11 is 0. The van der Waals surface area contributed by atoms with Crippen LogP contribution in [0.3, 0.4) is 0 Å². The highest BCUT2D eigenvalue weighted by Gasteiger charge is 2.26. The molecule has 0 saturated carbocycles. The third-order valence-corrected chi connectivity index (χ3v) is 2.25. The lowest BCUT2D eigenvalue weighted by molar-refractivity contribution is -0.135. The van der Waals surface area contributed by atoms with Gasteiger partial charge in [-0.15, -0.1) is 0 Å². The molecule has 0 spiro atoms. The van der Waals surface area contributed by atoms with Crippen LogP contribution in [0.4, 0.5) is 13.2 Å². The first kappa shape index (κ1) is 12.1. The summed E-state index contributed by atoms with van der Waals surface area (Å²) < 4.78 is 40.6. The molecule has 1 aromatic heterocycles. The lowest BCUT2D eigenvalue weighted by Crippen LogP contribution is -2.17. The molecule has 1 rings (SSSR count). The minimum absolute atomic E-state index is 0.0638. The molecular formula is C10H14F3NO. The Morgan fingerprint density at radius 3 is 2.67 bits per heavy atom. The van der Waals surface area contributed by atoms with E-state index in [4.69, 9.17) is 4.42 Å². The topological polar surface area (TPSA) is 25.2 Å². The van der Waals surface area contributed by atoms with E-state index in [1.54, 1.807) is 19.4 Å². The molecule has 0 fully saturated rings. The Balaban J connectivity index is 2.36. The molecule has 0 aliphatic carbocycles. The summed E-state index contributed by atoms with van der Waals surface area (Å²) in [5.74, 6) is 0.